The van der Waals surface area contributed by atoms with E-state index in [4.69, 9.17) is 11.5 Å². The zero-order chi connectivity index (χ0) is 16.0. The summed E-state index contributed by atoms with van der Waals surface area (Å²) in [7, 11) is 0. The van der Waals surface area contributed by atoms with Gasteiger partial charge in [-0.15, -0.1) is 11.8 Å². The molecule has 1 amide bonds. The molecule has 1 saturated heterocycles. The van der Waals surface area contributed by atoms with Crippen LogP contribution < -0.4 is 21.1 Å². The second-order valence-electron chi connectivity index (χ2n) is 5.35. The van der Waals surface area contributed by atoms with E-state index in [1.54, 1.807) is 12.1 Å². The molecule has 4 N–H and O–H groups in total. The minimum atomic E-state index is -1.34. The van der Waals surface area contributed by atoms with Crippen LogP contribution in [0.2, 0.25) is 0 Å². The number of hydrogen-bond donors (Lipinski definition) is 2. The first-order chi connectivity index (χ1) is 10.4. The highest BCUT2D eigenvalue weighted by molar-refractivity contribution is 8.00. The van der Waals surface area contributed by atoms with E-state index in [1.807, 2.05) is 17.7 Å². The normalized spacial score (nSPS) is 24.1. The van der Waals surface area contributed by atoms with Crippen molar-refractivity contribution in [2.75, 3.05) is 11.5 Å². The third-order valence-electron chi connectivity index (χ3n) is 4.03. The van der Waals surface area contributed by atoms with Gasteiger partial charge < -0.3 is 21.4 Å². The van der Waals surface area contributed by atoms with Gasteiger partial charge in [-0.25, -0.2) is 0 Å². The molecule has 0 spiro atoms. The molecule has 3 rings (SSSR count). The van der Waals surface area contributed by atoms with E-state index in [-0.39, 0.29) is 17.0 Å². The fourth-order valence-corrected chi connectivity index (χ4v) is 4.00. The number of fused-ring (bicyclic) bond motifs is 1. The van der Waals surface area contributed by atoms with Crippen molar-refractivity contribution < 1.29 is 19.3 Å². The van der Waals surface area contributed by atoms with Crippen molar-refractivity contribution in [3.8, 4) is 0 Å². The van der Waals surface area contributed by atoms with Crippen molar-refractivity contribution in [3.05, 3.63) is 35.3 Å². The maximum Gasteiger partial charge on any atom is 0.248 e. The van der Waals surface area contributed by atoms with Gasteiger partial charge in [0.05, 0.1) is 17.4 Å². The van der Waals surface area contributed by atoms with Crippen molar-refractivity contribution in [3.63, 3.8) is 0 Å². The standard InChI is InChI=1S/C14H16N4O3S/c1-7-9(15)3-2-4-17(7)5-8-6-22-13-10(16)12(19)18(13)11(8)14(20)21/h2-4,10,13H,5-6,15-16H2,1H3/t10-,13-/m1/s1. The second kappa shape index (κ2) is 5.29. The summed E-state index contributed by atoms with van der Waals surface area (Å²) in [5.74, 6) is -1.22. The number of β-lactam (4-membered cyclic amide) rings is 1. The molecule has 0 bridgehead atoms. The number of anilines is 1. The molecule has 2 aliphatic heterocycles. The lowest BCUT2D eigenvalue weighted by atomic mass is 10.0. The SMILES string of the molecule is Cc1c(N)ccc[n+]1CC1=C(C(=O)[O-])N2C(=O)[C@@H](N)[C@H]2SC1. The van der Waals surface area contributed by atoms with Crippen LogP contribution >= 0.6 is 11.8 Å². The minimum absolute atomic E-state index is 0.0511. The van der Waals surface area contributed by atoms with Gasteiger partial charge in [-0.3, -0.25) is 9.69 Å². The fourth-order valence-electron chi connectivity index (χ4n) is 2.72. The van der Waals surface area contributed by atoms with Gasteiger partial charge in [-0.2, -0.15) is 4.57 Å². The summed E-state index contributed by atoms with van der Waals surface area (Å²) in [4.78, 5) is 24.6. The van der Waals surface area contributed by atoms with E-state index in [0.29, 0.717) is 23.6 Å². The number of amides is 1. The van der Waals surface area contributed by atoms with Crippen LogP contribution in [0.25, 0.3) is 0 Å². The zero-order valence-electron chi connectivity index (χ0n) is 12.0. The predicted octanol–water partition coefficient (Wildman–Crippen LogP) is -1.89. The number of rotatable bonds is 3. The van der Waals surface area contributed by atoms with Crippen molar-refractivity contribution >= 4 is 29.3 Å². The highest BCUT2D eigenvalue weighted by Crippen LogP contribution is 2.39. The fraction of sp³-hybridized carbons (Fsp3) is 0.357. The summed E-state index contributed by atoms with van der Waals surface area (Å²) in [6, 6.07) is 2.94. The molecule has 1 fully saturated rings. The van der Waals surface area contributed by atoms with Crippen molar-refractivity contribution in [1.82, 2.24) is 4.90 Å². The Morgan fingerprint density at radius 3 is 3.00 bits per heavy atom. The van der Waals surface area contributed by atoms with Crippen LogP contribution in [0.15, 0.2) is 29.6 Å². The number of nitrogens with zero attached hydrogens (tertiary/aromatic N) is 2. The number of nitrogen functional groups attached to an aromatic ring is 1. The van der Waals surface area contributed by atoms with Crippen LogP contribution in [0.1, 0.15) is 5.69 Å². The third kappa shape index (κ3) is 2.15. The quantitative estimate of drug-likeness (QED) is 0.497. The summed E-state index contributed by atoms with van der Waals surface area (Å²) < 4.78 is 1.86. The molecule has 0 unspecified atom stereocenters. The van der Waals surface area contributed by atoms with E-state index in [2.05, 4.69) is 0 Å². The topological polar surface area (TPSA) is 116 Å². The number of aromatic nitrogens is 1. The van der Waals surface area contributed by atoms with E-state index < -0.39 is 12.0 Å². The van der Waals surface area contributed by atoms with Crippen LogP contribution in [-0.4, -0.2) is 33.9 Å². The number of hydrogen-bond acceptors (Lipinski definition) is 6. The average molecular weight is 320 g/mol. The molecule has 0 radical (unpaired) electrons. The van der Waals surface area contributed by atoms with Crippen molar-refractivity contribution in [1.29, 1.82) is 0 Å². The second-order valence-corrected chi connectivity index (χ2v) is 6.46. The summed E-state index contributed by atoms with van der Waals surface area (Å²) in [5, 5.41) is 11.2. The molecule has 2 aliphatic rings. The molecule has 8 heteroatoms. The molecule has 116 valence electrons. The lowest BCUT2D eigenvalue weighted by Crippen LogP contribution is -2.69. The molecule has 0 aromatic carbocycles. The third-order valence-corrected chi connectivity index (χ3v) is 5.39. The molecular weight excluding hydrogens is 304 g/mol. The molecular formula is C14H16N4O3S. The minimum Gasteiger partial charge on any atom is -0.543 e. The lowest BCUT2D eigenvalue weighted by Gasteiger charge is -2.49. The van der Waals surface area contributed by atoms with E-state index in [0.717, 1.165) is 5.69 Å². The number of carboxylic acid groups (broad SMARTS) is 1. The van der Waals surface area contributed by atoms with E-state index in [9.17, 15) is 14.7 Å². The maximum atomic E-state index is 11.9. The van der Waals surface area contributed by atoms with Crippen LogP contribution in [0, 0.1) is 6.92 Å². The predicted molar refractivity (Wildman–Crippen MR) is 78.9 cm³/mol. The highest BCUT2D eigenvalue weighted by Gasteiger charge is 2.50. The van der Waals surface area contributed by atoms with Crippen LogP contribution in [-0.2, 0) is 16.1 Å². The molecule has 1 aromatic rings. The lowest BCUT2D eigenvalue weighted by molar-refractivity contribution is -0.694. The van der Waals surface area contributed by atoms with Gasteiger partial charge in [0.15, 0.2) is 12.7 Å². The Bertz CT molecular complexity index is 703. The molecule has 3 heterocycles. The Morgan fingerprint density at radius 1 is 1.59 bits per heavy atom. The first kappa shape index (κ1) is 14.9. The number of pyridine rings is 1. The van der Waals surface area contributed by atoms with E-state index in [1.165, 1.54) is 16.7 Å². The van der Waals surface area contributed by atoms with Crippen molar-refractivity contribution in [2.45, 2.75) is 24.9 Å². The largest absolute Gasteiger partial charge is 0.543 e. The van der Waals surface area contributed by atoms with E-state index >= 15 is 0 Å². The maximum absolute atomic E-state index is 11.9. The van der Waals surface area contributed by atoms with Crippen LogP contribution in [0.5, 0.6) is 0 Å². The number of thioether (sulfide) groups is 1. The number of carboxylic acids is 1. The number of carbonyl (C=O) groups excluding carboxylic acids is 2. The molecule has 0 saturated carbocycles. The zero-order valence-corrected chi connectivity index (χ0v) is 12.8. The summed E-state index contributed by atoms with van der Waals surface area (Å²) in [5.41, 5.74) is 13.6. The Balaban J connectivity index is 1.98. The number of aliphatic carboxylic acids is 1. The van der Waals surface area contributed by atoms with Crippen LogP contribution in [0.4, 0.5) is 5.69 Å². The molecule has 2 atom stereocenters. The van der Waals surface area contributed by atoms with Gasteiger partial charge in [-0.05, 0) is 6.07 Å². The van der Waals surface area contributed by atoms with Crippen molar-refractivity contribution in [2.24, 2.45) is 5.73 Å². The summed E-state index contributed by atoms with van der Waals surface area (Å²) in [6.07, 6.45) is 1.83. The summed E-state index contributed by atoms with van der Waals surface area (Å²) >= 11 is 1.47. The Kier molecular flexibility index (Phi) is 3.57. The smallest absolute Gasteiger partial charge is 0.248 e. The van der Waals surface area contributed by atoms with Crippen LogP contribution in [0.3, 0.4) is 0 Å². The van der Waals surface area contributed by atoms with Gasteiger partial charge in [0.25, 0.3) is 0 Å². The number of nitrogens with two attached hydrogens (primary N) is 2. The molecule has 0 aliphatic carbocycles. The first-order valence-electron chi connectivity index (χ1n) is 6.80. The molecule has 22 heavy (non-hydrogen) atoms. The average Bonchev–Trinajstić information content (AvgIpc) is 2.50. The monoisotopic (exact) mass is 320 g/mol. The van der Waals surface area contributed by atoms with Gasteiger partial charge in [0, 0.05) is 24.3 Å². The van der Waals surface area contributed by atoms with Gasteiger partial charge in [0.2, 0.25) is 11.6 Å². The highest BCUT2D eigenvalue weighted by atomic mass is 32.2. The first-order valence-corrected chi connectivity index (χ1v) is 7.85. The van der Waals surface area contributed by atoms with Gasteiger partial charge >= 0.3 is 0 Å². The Hall–Kier alpha value is -2.06. The molecule has 1 aromatic heterocycles. The van der Waals surface area contributed by atoms with Gasteiger partial charge in [-0.1, -0.05) is 0 Å². The molecule has 7 nitrogen and oxygen atoms in total. The van der Waals surface area contributed by atoms with Gasteiger partial charge in [0.1, 0.15) is 11.4 Å². The number of carbonyl (C=O) groups is 2. The Labute approximate surface area is 131 Å². The summed E-state index contributed by atoms with van der Waals surface area (Å²) in [6.45, 7) is 2.21. The Morgan fingerprint density at radius 2 is 2.32 bits per heavy atom.